The van der Waals surface area contributed by atoms with E-state index in [9.17, 15) is 4.79 Å². The van der Waals surface area contributed by atoms with E-state index in [0.29, 0.717) is 17.1 Å². The van der Waals surface area contributed by atoms with E-state index in [1.165, 1.54) is 12.8 Å². The fraction of sp³-hybridized carbons (Fsp3) is 0.647. The molecule has 0 aromatic rings. The topological polar surface area (TPSA) is 51.2 Å². The number of carbonyl (C=O) groups is 1. The summed E-state index contributed by atoms with van der Waals surface area (Å²) < 4.78 is 0. The average Bonchev–Trinajstić information content (AvgIpc) is 2.85. The fourth-order valence-corrected chi connectivity index (χ4v) is 4.58. The lowest BCUT2D eigenvalue weighted by molar-refractivity contribution is -0.131. The number of allylic oxidation sites excluding steroid dienone is 2. The van der Waals surface area contributed by atoms with Gasteiger partial charge in [-0.15, -0.1) is 0 Å². The first-order chi connectivity index (χ1) is 11.5. The Morgan fingerprint density at radius 3 is 2.67 bits per heavy atom. The zero-order valence-electron chi connectivity index (χ0n) is 14.2. The van der Waals surface area contributed by atoms with Crippen LogP contribution in [0.4, 0.5) is 0 Å². The third-order valence-corrected chi connectivity index (χ3v) is 6.04. The van der Waals surface area contributed by atoms with Gasteiger partial charge in [-0.05, 0) is 19.8 Å². The van der Waals surface area contributed by atoms with Gasteiger partial charge in [0.15, 0.2) is 5.17 Å². The molecule has 1 saturated heterocycles. The number of hydrogen-bond acceptors (Lipinski definition) is 5. The summed E-state index contributed by atoms with van der Waals surface area (Å²) in [4.78, 5) is 22.4. The highest BCUT2D eigenvalue weighted by Crippen LogP contribution is 2.40. The molecule has 1 N–H and O–H groups in total. The Hall–Kier alpha value is -1.53. The quantitative estimate of drug-likeness (QED) is 0.821. The minimum Gasteiger partial charge on any atom is -0.367 e. The summed E-state index contributed by atoms with van der Waals surface area (Å²) in [6.07, 6.45) is 6.47. The SMILES string of the molecule is CC(=O)N1CCN(C2CC(C3NC(C)=C4C(Cl)=NC=CN43)C2)CC1. The number of piperazine rings is 1. The minimum atomic E-state index is 0.195. The number of nitrogens with one attached hydrogen (secondary N) is 1. The summed E-state index contributed by atoms with van der Waals surface area (Å²) in [6, 6.07) is 0.646. The summed E-state index contributed by atoms with van der Waals surface area (Å²) >= 11 is 6.25. The van der Waals surface area contributed by atoms with Crippen LogP contribution in [0.3, 0.4) is 0 Å². The molecule has 1 amide bonds. The van der Waals surface area contributed by atoms with Crippen LogP contribution in [0.1, 0.15) is 26.7 Å². The Bertz CT molecular complexity index is 629. The van der Waals surface area contributed by atoms with Crippen LogP contribution in [0, 0.1) is 5.92 Å². The third kappa shape index (κ3) is 2.62. The van der Waals surface area contributed by atoms with Crippen molar-refractivity contribution in [3.05, 3.63) is 23.8 Å². The van der Waals surface area contributed by atoms with Gasteiger partial charge in [-0.25, -0.2) is 4.99 Å². The number of rotatable bonds is 2. The Morgan fingerprint density at radius 2 is 2.00 bits per heavy atom. The standard InChI is InChI=1S/C17H24ClN5O/c1-11-15-16(18)19-3-4-23(15)17(20-11)13-9-14(10-13)22-7-5-21(6-8-22)12(2)24/h3-4,13-14,17,20H,5-10H2,1-2H3. The van der Waals surface area contributed by atoms with E-state index < -0.39 is 0 Å². The number of carbonyl (C=O) groups excluding carboxylic acids is 1. The lowest BCUT2D eigenvalue weighted by Crippen LogP contribution is -2.58. The molecular weight excluding hydrogens is 326 g/mol. The molecular formula is C17H24ClN5O. The number of hydrogen-bond donors (Lipinski definition) is 1. The van der Waals surface area contributed by atoms with Crippen LogP contribution in [0.2, 0.25) is 0 Å². The number of aliphatic imine (C=N–C) groups is 1. The third-order valence-electron chi connectivity index (χ3n) is 5.76. The first-order valence-electron chi connectivity index (χ1n) is 8.70. The summed E-state index contributed by atoms with van der Waals surface area (Å²) in [5.41, 5.74) is 2.12. The van der Waals surface area contributed by atoms with Crippen molar-refractivity contribution >= 4 is 22.7 Å². The summed E-state index contributed by atoms with van der Waals surface area (Å²) in [5, 5.41) is 4.16. The predicted molar refractivity (Wildman–Crippen MR) is 94.2 cm³/mol. The van der Waals surface area contributed by atoms with Gasteiger partial charge in [0.1, 0.15) is 6.17 Å². The van der Waals surface area contributed by atoms with Crippen LogP contribution < -0.4 is 5.32 Å². The molecule has 0 bridgehead atoms. The number of fused-ring (bicyclic) bond motifs is 1. The molecule has 3 heterocycles. The Balaban J connectivity index is 1.32. The van der Waals surface area contributed by atoms with Crippen molar-refractivity contribution < 1.29 is 4.79 Å². The molecule has 0 aromatic heterocycles. The summed E-state index contributed by atoms with van der Waals surface area (Å²) in [6.45, 7) is 7.46. The van der Waals surface area contributed by atoms with Crippen molar-refractivity contribution in [2.24, 2.45) is 10.9 Å². The maximum absolute atomic E-state index is 11.4. The average molecular weight is 350 g/mol. The van der Waals surface area contributed by atoms with E-state index >= 15 is 0 Å². The van der Waals surface area contributed by atoms with Crippen LogP contribution in [-0.2, 0) is 4.79 Å². The number of halogens is 1. The lowest BCUT2D eigenvalue weighted by Gasteiger charge is -2.49. The molecule has 1 unspecified atom stereocenters. The Morgan fingerprint density at radius 1 is 1.29 bits per heavy atom. The van der Waals surface area contributed by atoms with E-state index in [2.05, 4.69) is 27.0 Å². The molecule has 4 aliphatic rings. The van der Waals surface area contributed by atoms with Gasteiger partial charge in [-0.2, -0.15) is 0 Å². The van der Waals surface area contributed by atoms with Crippen molar-refractivity contribution in [2.75, 3.05) is 26.2 Å². The Kier molecular flexibility index (Phi) is 4.04. The van der Waals surface area contributed by atoms with Gasteiger partial charge in [-0.1, -0.05) is 11.6 Å². The molecule has 1 aliphatic carbocycles. The zero-order valence-corrected chi connectivity index (χ0v) is 15.0. The van der Waals surface area contributed by atoms with Crippen LogP contribution in [0.5, 0.6) is 0 Å². The second-order valence-electron chi connectivity index (χ2n) is 7.12. The van der Waals surface area contributed by atoms with E-state index in [-0.39, 0.29) is 12.1 Å². The van der Waals surface area contributed by atoms with Gasteiger partial charge >= 0.3 is 0 Å². The van der Waals surface area contributed by atoms with Crippen LogP contribution >= 0.6 is 11.6 Å². The Labute approximate surface area is 147 Å². The fourth-order valence-electron chi connectivity index (χ4n) is 4.29. The van der Waals surface area contributed by atoms with Crippen molar-refractivity contribution in [3.63, 3.8) is 0 Å². The van der Waals surface area contributed by atoms with Crippen LogP contribution in [0.25, 0.3) is 0 Å². The van der Waals surface area contributed by atoms with Crippen molar-refractivity contribution in [2.45, 2.75) is 38.9 Å². The van der Waals surface area contributed by atoms with Crippen LogP contribution in [-0.4, -0.2) is 64.2 Å². The summed E-state index contributed by atoms with van der Waals surface area (Å²) in [7, 11) is 0. The molecule has 7 heteroatoms. The molecule has 0 spiro atoms. The molecule has 6 nitrogen and oxygen atoms in total. The summed E-state index contributed by atoms with van der Waals surface area (Å²) in [5.74, 6) is 0.807. The highest BCUT2D eigenvalue weighted by atomic mass is 35.5. The maximum atomic E-state index is 11.4. The molecule has 3 aliphatic heterocycles. The van der Waals surface area contributed by atoms with E-state index in [4.69, 9.17) is 11.6 Å². The van der Waals surface area contributed by atoms with E-state index in [1.54, 1.807) is 13.1 Å². The van der Waals surface area contributed by atoms with Gasteiger partial charge in [0.25, 0.3) is 0 Å². The second-order valence-corrected chi connectivity index (χ2v) is 7.47. The van der Waals surface area contributed by atoms with Crippen molar-refractivity contribution in [3.8, 4) is 0 Å². The van der Waals surface area contributed by atoms with Gasteiger partial charge in [0.05, 0.1) is 5.70 Å². The number of amides is 1. The van der Waals surface area contributed by atoms with E-state index in [1.807, 2.05) is 11.1 Å². The molecule has 1 atom stereocenters. The predicted octanol–water partition coefficient (Wildman–Crippen LogP) is 1.51. The molecule has 4 rings (SSSR count). The second kappa shape index (κ2) is 6.08. The van der Waals surface area contributed by atoms with Gasteiger partial charge < -0.3 is 15.1 Å². The molecule has 1 saturated carbocycles. The van der Waals surface area contributed by atoms with Gasteiger partial charge in [-0.3, -0.25) is 9.69 Å². The highest BCUT2D eigenvalue weighted by Gasteiger charge is 2.44. The number of nitrogens with zero attached hydrogens (tertiary/aromatic N) is 4. The molecule has 2 fully saturated rings. The lowest BCUT2D eigenvalue weighted by atomic mass is 9.76. The first kappa shape index (κ1) is 16.0. The highest BCUT2D eigenvalue weighted by molar-refractivity contribution is 6.69. The maximum Gasteiger partial charge on any atom is 0.219 e. The largest absolute Gasteiger partial charge is 0.367 e. The molecule has 24 heavy (non-hydrogen) atoms. The minimum absolute atomic E-state index is 0.195. The van der Waals surface area contributed by atoms with Gasteiger partial charge in [0, 0.05) is 63.2 Å². The van der Waals surface area contributed by atoms with Crippen molar-refractivity contribution in [1.82, 2.24) is 20.0 Å². The van der Waals surface area contributed by atoms with Gasteiger partial charge in [0.2, 0.25) is 5.91 Å². The van der Waals surface area contributed by atoms with E-state index in [0.717, 1.165) is 37.6 Å². The van der Waals surface area contributed by atoms with Crippen LogP contribution in [0.15, 0.2) is 28.8 Å². The van der Waals surface area contributed by atoms with Crippen molar-refractivity contribution in [1.29, 1.82) is 0 Å². The first-order valence-corrected chi connectivity index (χ1v) is 9.08. The zero-order chi connectivity index (χ0) is 16.8. The molecule has 0 radical (unpaired) electrons. The smallest absolute Gasteiger partial charge is 0.219 e. The molecule has 0 aromatic carbocycles. The normalized spacial score (nSPS) is 33.1. The molecule has 130 valence electrons. The monoisotopic (exact) mass is 349 g/mol.